The Morgan fingerprint density at radius 1 is 1.32 bits per heavy atom. The second-order valence-corrected chi connectivity index (χ2v) is 6.31. The number of aryl methyl sites for hydroxylation is 1. The molecule has 0 fully saturated rings. The van der Waals surface area contributed by atoms with Gasteiger partial charge >= 0.3 is 5.69 Å². The Labute approximate surface area is 161 Å². The third kappa shape index (κ3) is 3.83. The van der Waals surface area contributed by atoms with E-state index >= 15 is 0 Å². The molecule has 0 radical (unpaired) electrons. The Balaban J connectivity index is 1.85. The van der Waals surface area contributed by atoms with Gasteiger partial charge in [0.15, 0.2) is 0 Å². The quantitative estimate of drug-likeness (QED) is 0.678. The Morgan fingerprint density at radius 2 is 2.11 bits per heavy atom. The third-order valence-electron chi connectivity index (χ3n) is 3.93. The molecule has 0 unspecified atom stereocenters. The van der Waals surface area contributed by atoms with Crippen molar-refractivity contribution in [2.45, 2.75) is 33.3 Å². The molecule has 0 aliphatic rings. The van der Waals surface area contributed by atoms with Crippen LogP contribution in [0.5, 0.6) is 23.3 Å². The Morgan fingerprint density at radius 3 is 2.68 bits per heavy atom. The van der Waals surface area contributed by atoms with Crippen LogP contribution in [0.25, 0.3) is 5.69 Å². The van der Waals surface area contributed by atoms with Gasteiger partial charge in [-0.05, 0) is 38.5 Å². The van der Waals surface area contributed by atoms with Gasteiger partial charge in [-0.2, -0.15) is 5.26 Å². The van der Waals surface area contributed by atoms with Crippen LogP contribution in [-0.4, -0.2) is 25.7 Å². The van der Waals surface area contributed by atoms with Gasteiger partial charge < -0.3 is 19.6 Å². The summed E-state index contributed by atoms with van der Waals surface area (Å²) in [6, 6.07) is 10.2. The molecule has 8 nitrogen and oxygen atoms in total. The molecule has 144 valence electrons. The number of aromatic nitrogens is 3. The van der Waals surface area contributed by atoms with Gasteiger partial charge in [-0.25, -0.2) is 14.3 Å². The minimum Gasteiger partial charge on any atom is -0.493 e. The number of hydrogen-bond acceptors (Lipinski definition) is 6. The van der Waals surface area contributed by atoms with E-state index in [0.29, 0.717) is 40.7 Å². The summed E-state index contributed by atoms with van der Waals surface area (Å²) in [6.45, 7) is 5.58. The van der Waals surface area contributed by atoms with E-state index in [2.05, 4.69) is 16.0 Å². The van der Waals surface area contributed by atoms with Gasteiger partial charge in [-0.15, -0.1) is 0 Å². The van der Waals surface area contributed by atoms with Crippen LogP contribution in [0.1, 0.15) is 32.0 Å². The van der Waals surface area contributed by atoms with E-state index in [1.807, 2.05) is 20.8 Å². The number of H-pyrrole nitrogens is 1. The number of pyridine rings is 1. The molecule has 0 aliphatic heterocycles. The lowest BCUT2D eigenvalue weighted by atomic mass is 10.2. The van der Waals surface area contributed by atoms with Crippen molar-refractivity contribution in [3.8, 4) is 35.0 Å². The summed E-state index contributed by atoms with van der Waals surface area (Å²) in [6.07, 6.45) is 1.85. The van der Waals surface area contributed by atoms with Crippen molar-refractivity contribution in [3.63, 3.8) is 0 Å². The maximum Gasteiger partial charge on any atom is 0.333 e. The van der Waals surface area contributed by atoms with Crippen LogP contribution in [0.4, 0.5) is 0 Å². The third-order valence-corrected chi connectivity index (χ3v) is 3.93. The van der Waals surface area contributed by atoms with Crippen LogP contribution in [0, 0.1) is 11.3 Å². The van der Waals surface area contributed by atoms with Crippen LogP contribution >= 0.6 is 0 Å². The van der Waals surface area contributed by atoms with Gasteiger partial charge in [0.05, 0.1) is 29.2 Å². The van der Waals surface area contributed by atoms with Gasteiger partial charge in [0.2, 0.25) is 11.8 Å². The molecule has 0 spiro atoms. The molecule has 8 heteroatoms. The van der Waals surface area contributed by atoms with Crippen LogP contribution < -0.4 is 15.2 Å². The lowest BCUT2D eigenvalue weighted by molar-refractivity contribution is 0.241. The van der Waals surface area contributed by atoms with Gasteiger partial charge in [-0.3, -0.25) is 0 Å². The fourth-order valence-electron chi connectivity index (χ4n) is 2.65. The van der Waals surface area contributed by atoms with E-state index in [4.69, 9.17) is 9.47 Å². The molecule has 0 atom stereocenters. The number of aromatic hydroxyl groups is 1. The highest BCUT2D eigenvalue weighted by Gasteiger charge is 2.14. The number of ether oxygens (including phenoxy) is 2. The zero-order valence-electron chi connectivity index (χ0n) is 15.8. The molecule has 1 aromatic carbocycles. The second kappa shape index (κ2) is 7.88. The number of benzene rings is 1. The molecule has 0 saturated heterocycles. The fraction of sp³-hybridized carbons (Fsp3) is 0.250. The molecule has 2 aromatic heterocycles. The van der Waals surface area contributed by atoms with Gasteiger partial charge in [0.25, 0.3) is 0 Å². The van der Waals surface area contributed by atoms with E-state index in [9.17, 15) is 15.2 Å². The normalized spacial score (nSPS) is 10.7. The number of nitriles is 1. The lowest BCUT2D eigenvalue weighted by Crippen LogP contribution is -2.14. The fourth-order valence-corrected chi connectivity index (χ4v) is 2.65. The summed E-state index contributed by atoms with van der Waals surface area (Å²) in [5.41, 5.74) is 0.848. The summed E-state index contributed by atoms with van der Waals surface area (Å²) in [5, 5.41) is 19.3. The topological polar surface area (TPSA) is 113 Å². The SMILES string of the molecule is CCc1[nH]c(=O)n(-c2ccc(Oc3ccc(C#N)c(OC(C)C)c3)nc2)c1O. The van der Waals surface area contributed by atoms with Crippen molar-refractivity contribution in [1.29, 1.82) is 5.26 Å². The van der Waals surface area contributed by atoms with E-state index < -0.39 is 5.69 Å². The van der Waals surface area contributed by atoms with Crippen LogP contribution in [0.15, 0.2) is 41.3 Å². The number of aromatic amines is 1. The second-order valence-electron chi connectivity index (χ2n) is 6.31. The van der Waals surface area contributed by atoms with E-state index in [-0.39, 0.29) is 12.0 Å². The molecule has 28 heavy (non-hydrogen) atoms. The highest BCUT2D eigenvalue weighted by Crippen LogP contribution is 2.28. The van der Waals surface area contributed by atoms with Crippen LogP contribution in [-0.2, 0) is 6.42 Å². The number of imidazole rings is 1. The smallest absolute Gasteiger partial charge is 0.333 e. The molecule has 3 aromatic rings. The standard InChI is InChI=1S/C20H20N4O4/c1-4-16-19(25)24(20(26)23-16)14-6-8-18(22-11-14)28-15-7-5-13(10-21)17(9-15)27-12(2)3/h5-9,11-12,25H,4H2,1-3H3,(H,23,26). The maximum atomic E-state index is 12.0. The minimum absolute atomic E-state index is 0.0832. The van der Waals surface area contributed by atoms with Gasteiger partial charge in [-0.1, -0.05) is 6.92 Å². The zero-order chi connectivity index (χ0) is 20.3. The first-order valence-electron chi connectivity index (χ1n) is 8.80. The average Bonchev–Trinajstić information content (AvgIpc) is 2.96. The number of nitrogens with zero attached hydrogens (tertiary/aromatic N) is 3. The molecular weight excluding hydrogens is 360 g/mol. The van der Waals surface area contributed by atoms with E-state index in [0.717, 1.165) is 4.57 Å². The van der Waals surface area contributed by atoms with Crippen LogP contribution in [0.3, 0.4) is 0 Å². The molecule has 3 rings (SSSR count). The summed E-state index contributed by atoms with van der Waals surface area (Å²) >= 11 is 0. The molecule has 0 saturated carbocycles. The minimum atomic E-state index is -0.438. The summed E-state index contributed by atoms with van der Waals surface area (Å²) < 4.78 is 12.5. The highest BCUT2D eigenvalue weighted by molar-refractivity contribution is 5.48. The van der Waals surface area contributed by atoms with E-state index in [1.54, 1.807) is 30.3 Å². The monoisotopic (exact) mass is 380 g/mol. The largest absolute Gasteiger partial charge is 0.493 e. The molecule has 0 amide bonds. The molecule has 0 bridgehead atoms. The number of rotatable bonds is 6. The average molecular weight is 380 g/mol. The van der Waals surface area contributed by atoms with E-state index in [1.165, 1.54) is 6.20 Å². The first-order chi connectivity index (χ1) is 13.4. The Bertz CT molecular complexity index is 1080. The van der Waals surface area contributed by atoms with Gasteiger partial charge in [0.1, 0.15) is 17.6 Å². The zero-order valence-corrected chi connectivity index (χ0v) is 15.8. The summed E-state index contributed by atoms with van der Waals surface area (Å²) in [4.78, 5) is 18.8. The van der Waals surface area contributed by atoms with Crippen molar-refractivity contribution in [2.75, 3.05) is 0 Å². The maximum absolute atomic E-state index is 12.0. The van der Waals surface area contributed by atoms with Gasteiger partial charge in [0, 0.05) is 12.1 Å². The summed E-state index contributed by atoms with van der Waals surface area (Å²) in [5.74, 6) is 1.06. The molecule has 2 heterocycles. The molecule has 2 N–H and O–H groups in total. The first kappa shape index (κ1) is 19.0. The molecule has 0 aliphatic carbocycles. The van der Waals surface area contributed by atoms with Crippen molar-refractivity contribution >= 4 is 0 Å². The van der Waals surface area contributed by atoms with Crippen LogP contribution in [0.2, 0.25) is 0 Å². The first-order valence-corrected chi connectivity index (χ1v) is 8.80. The van der Waals surface area contributed by atoms with Crippen molar-refractivity contribution in [2.24, 2.45) is 0 Å². The lowest BCUT2D eigenvalue weighted by Gasteiger charge is -2.13. The summed E-state index contributed by atoms with van der Waals surface area (Å²) in [7, 11) is 0. The Hall–Kier alpha value is -3.73. The Kier molecular flexibility index (Phi) is 5.36. The van der Waals surface area contributed by atoms with Crippen molar-refractivity contribution < 1.29 is 14.6 Å². The predicted octanol–water partition coefficient (Wildman–Crippen LogP) is 3.28. The number of hydrogen-bond donors (Lipinski definition) is 2. The predicted molar refractivity (Wildman–Crippen MR) is 102 cm³/mol. The van der Waals surface area contributed by atoms with Crippen molar-refractivity contribution in [1.82, 2.24) is 14.5 Å². The highest BCUT2D eigenvalue weighted by atomic mass is 16.5. The molecular formula is C20H20N4O4. The number of nitrogens with one attached hydrogen (secondary N) is 1. The van der Waals surface area contributed by atoms with Crippen molar-refractivity contribution in [3.05, 3.63) is 58.3 Å².